The van der Waals surface area contributed by atoms with Crippen LogP contribution in [0.2, 0.25) is 6.04 Å². The van der Waals surface area contributed by atoms with Crippen molar-refractivity contribution in [2.75, 3.05) is 7.11 Å². The van der Waals surface area contributed by atoms with Gasteiger partial charge < -0.3 is 4.43 Å². The fourth-order valence-electron chi connectivity index (χ4n) is 0.701. The maximum absolute atomic E-state index is 10.0. The summed E-state index contributed by atoms with van der Waals surface area (Å²) in [4.78, 5) is 39.6. The third-order valence-electron chi connectivity index (χ3n) is 1.32. The largest absolute Gasteiger partial charge is 0.427 e. The van der Waals surface area contributed by atoms with Crippen LogP contribution in [0.25, 0.3) is 0 Å². The molecule has 8 heteroatoms. The van der Waals surface area contributed by atoms with E-state index in [1.54, 1.807) is 0 Å². The Morgan fingerprint density at radius 3 is 1.86 bits per heavy atom. The number of nitrogens with zero attached hydrogens (tertiary/aromatic N) is 3. The number of carbonyl (C=O) groups excluding carboxylic acids is 3. The first-order valence-electron chi connectivity index (χ1n) is 3.50. The molecule has 0 unspecified atom stereocenters. The van der Waals surface area contributed by atoms with Crippen molar-refractivity contribution in [2.24, 2.45) is 15.0 Å². The van der Waals surface area contributed by atoms with Gasteiger partial charge in [-0.05, 0) is 0 Å². The molecule has 0 aliphatic rings. The summed E-state index contributed by atoms with van der Waals surface area (Å²) in [6.45, 7) is 0. The molecule has 7 nitrogen and oxygen atoms in total. The molecule has 0 fully saturated rings. The summed E-state index contributed by atoms with van der Waals surface area (Å²) >= 11 is 0. The maximum atomic E-state index is 10.0. The minimum atomic E-state index is -1.76. The van der Waals surface area contributed by atoms with Crippen molar-refractivity contribution >= 4 is 28.0 Å². The van der Waals surface area contributed by atoms with E-state index >= 15 is 0 Å². The van der Waals surface area contributed by atoms with Crippen molar-refractivity contribution < 1.29 is 18.8 Å². The molecule has 0 radical (unpaired) electrons. The Hall–Kier alpha value is -1.68. The predicted octanol–water partition coefficient (Wildman–Crippen LogP) is -1.20. The molecular formula is C6H7N3O4Si. The van der Waals surface area contributed by atoms with Crippen molar-refractivity contribution in [2.45, 2.75) is 11.8 Å². The molecule has 0 amide bonds. The zero-order valence-electron chi connectivity index (χ0n) is 7.39. The number of rotatable bonds is 6. The van der Waals surface area contributed by atoms with Crippen LogP contribution in [0.4, 0.5) is 0 Å². The number of hydrogen-bond donors (Lipinski definition) is 0. The van der Waals surface area contributed by atoms with Gasteiger partial charge >= 0.3 is 0 Å². The summed E-state index contributed by atoms with van der Waals surface area (Å²) in [6.07, 6.45) is 3.55. The van der Waals surface area contributed by atoms with Crippen molar-refractivity contribution in [1.29, 1.82) is 0 Å². The van der Waals surface area contributed by atoms with Gasteiger partial charge in [-0.1, -0.05) is 0 Å². The van der Waals surface area contributed by atoms with Gasteiger partial charge in [-0.15, -0.1) is 0 Å². The third kappa shape index (κ3) is 3.82. The highest BCUT2D eigenvalue weighted by atomic mass is 28.2. The van der Waals surface area contributed by atoms with Gasteiger partial charge in [-0.2, -0.15) is 15.0 Å². The first-order chi connectivity index (χ1) is 6.74. The average Bonchev–Trinajstić information content (AvgIpc) is 2.16. The van der Waals surface area contributed by atoms with Crippen molar-refractivity contribution in [3.8, 4) is 0 Å². The van der Waals surface area contributed by atoms with E-state index in [2.05, 4.69) is 15.0 Å². The summed E-state index contributed by atoms with van der Waals surface area (Å²) < 4.78 is 4.81. The molecule has 0 heterocycles. The topological polar surface area (TPSA) is 97.5 Å². The van der Waals surface area contributed by atoms with Crippen LogP contribution < -0.4 is 0 Å². The standard InChI is InChI=1S/C6H7N3O4Si/c1-13-14-2-6(7-3-10,8-4-11)9-5-12/h2,14H2,1H3. The Morgan fingerprint density at radius 2 is 1.57 bits per heavy atom. The number of isocyanates is 3. The monoisotopic (exact) mass is 213 g/mol. The van der Waals surface area contributed by atoms with Crippen LogP contribution in [0.1, 0.15) is 0 Å². The Labute approximate surface area is 81.5 Å². The molecular weight excluding hydrogens is 206 g/mol. The smallest absolute Gasteiger partial charge is 0.276 e. The van der Waals surface area contributed by atoms with Gasteiger partial charge in [0, 0.05) is 13.2 Å². The number of aliphatic imine (C=N–C) groups is 3. The van der Waals surface area contributed by atoms with Crippen LogP contribution in [-0.4, -0.2) is 40.9 Å². The summed E-state index contributed by atoms with van der Waals surface area (Å²) in [5, 5.41) is 0. The van der Waals surface area contributed by atoms with Crippen molar-refractivity contribution in [3.63, 3.8) is 0 Å². The second-order valence-electron chi connectivity index (χ2n) is 2.13. The van der Waals surface area contributed by atoms with Crippen LogP contribution in [0.5, 0.6) is 0 Å². The van der Waals surface area contributed by atoms with E-state index in [1.807, 2.05) is 0 Å². The van der Waals surface area contributed by atoms with Crippen LogP contribution in [0.15, 0.2) is 15.0 Å². The van der Waals surface area contributed by atoms with E-state index in [-0.39, 0.29) is 6.04 Å². The summed E-state index contributed by atoms with van der Waals surface area (Å²) in [5.74, 6) is -1.76. The maximum Gasteiger partial charge on any atom is 0.276 e. The van der Waals surface area contributed by atoms with Gasteiger partial charge in [-0.25, -0.2) is 14.4 Å². The van der Waals surface area contributed by atoms with Gasteiger partial charge in [0.15, 0.2) is 9.76 Å². The van der Waals surface area contributed by atoms with E-state index in [0.717, 1.165) is 0 Å². The van der Waals surface area contributed by atoms with Crippen LogP contribution in [0.3, 0.4) is 0 Å². The van der Waals surface area contributed by atoms with Gasteiger partial charge in [0.1, 0.15) is 0 Å². The van der Waals surface area contributed by atoms with E-state index < -0.39 is 15.5 Å². The van der Waals surface area contributed by atoms with Crippen LogP contribution in [-0.2, 0) is 18.8 Å². The highest BCUT2D eigenvalue weighted by Crippen LogP contribution is 2.18. The van der Waals surface area contributed by atoms with Gasteiger partial charge in [0.2, 0.25) is 18.2 Å². The Bertz CT molecular complexity index is 280. The van der Waals surface area contributed by atoms with Crippen molar-refractivity contribution in [3.05, 3.63) is 0 Å². The fraction of sp³-hybridized carbons (Fsp3) is 0.500. The van der Waals surface area contributed by atoms with E-state index in [1.165, 1.54) is 25.3 Å². The molecule has 0 aromatic rings. The van der Waals surface area contributed by atoms with Crippen LogP contribution >= 0.6 is 0 Å². The number of hydrogen-bond acceptors (Lipinski definition) is 7. The molecule has 0 aliphatic heterocycles. The van der Waals surface area contributed by atoms with Gasteiger partial charge in [-0.3, -0.25) is 0 Å². The summed E-state index contributed by atoms with van der Waals surface area (Å²) in [5.41, 5.74) is 0. The second-order valence-corrected chi connectivity index (χ2v) is 3.61. The fourth-order valence-corrected chi connectivity index (χ4v) is 1.51. The molecule has 0 bridgehead atoms. The molecule has 0 rings (SSSR count). The lowest BCUT2D eigenvalue weighted by Crippen LogP contribution is -2.23. The Morgan fingerprint density at radius 1 is 1.14 bits per heavy atom. The molecule has 74 valence electrons. The van der Waals surface area contributed by atoms with Crippen LogP contribution in [0, 0.1) is 0 Å². The predicted molar refractivity (Wildman–Crippen MR) is 47.5 cm³/mol. The molecule has 0 spiro atoms. The molecule has 14 heavy (non-hydrogen) atoms. The first-order valence-corrected chi connectivity index (χ1v) is 5.08. The van der Waals surface area contributed by atoms with E-state index in [4.69, 9.17) is 4.43 Å². The molecule has 0 N–H and O–H groups in total. The van der Waals surface area contributed by atoms with Gasteiger partial charge in [0.05, 0.1) is 0 Å². The minimum absolute atomic E-state index is 0.100. The third-order valence-corrected chi connectivity index (χ3v) is 2.60. The normalized spacial score (nSPS) is 13.5. The summed E-state index contributed by atoms with van der Waals surface area (Å²) in [6, 6.07) is 0.100. The van der Waals surface area contributed by atoms with Crippen molar-refractivity contribution in [1.82, 2.24) is 0 Å². The molecule has 0 aromatic carbocycles. The average molecular weight is 213 g/mol. The second kappa shape index (κ2) is 6.79. The zero-order chi connectivity index (χ0) is 10.9. The molecule has 0 saturated heterocycles. The van der Waals surface area contributed by atoms with E-state index in [0.29, 0.717) is 0 Å². The minimum Gasteiger partial charge on any atom is -0.427 e. The van der Waals surface area contributed by atoms with Gasteiger partial charge in [0.25, 0.3) is 5.79 Å². The molecule has 0 atom stereocenters. The lowest BCUT2D eigenvalue weighted by atomic mass is 10.4. The Kier molecular flexibility index (Phi) is 5.98. The Balaban J connectivity index is 5.01. The highest BCUT2D eigenvalue weighted by Gasteiger charge is 2.28. The van der Waals surface area contributed by atoms with E-state index in [9.17, 15) is 14.4 Å². The summed E-state index contributed by atoms with van der Waals surface area (Å²) in [7, 11) is 0.394. The molecule has 0 aliphatic carbocycles. The zero-order valence-corrected chi connectivity index (χ0v) is 8.80. The highest BCUT2D eigenvalue weighted by molar-refractivity contribution is 6.27. The first kappa shape index (κ1) is 12.3. The lowest BCUT2D eigenvalue weighted by molar-refractivity contribution is 0.415. The quantitative estimate of drug-likeness (QED) is 0.314. The molecule has 0 aromatic heterocycles. The lowest BCUT2D eigenvalue weighted by Gasteiger charge is -2.12. The molecule has 0 saturated carbocycles. The SMILES string of the molecule is CO[SiH2]CC(N=C=O)(N=C=O)N=C=O.